The molecule has 0 spiro atoms. The van der Waals surface area contributed by atoms with Crippen molar-refractivity contribution in [1.82, 2.24) is 4.98 Å². The molecular formula is C8H7Cl2F3N2. The number of pyridine rings is 1. The summed E-state index contributed by atoms with van der Waals surface area (Å²) in [6, 6.07) is -0.858. The number of hydrogen-bond acceptors (Lipinski definition) is 2. The minimum absolute atomic E-state index is 0.0376. The maximum atomic E-state index is 12.4. The quantitative estimate of drug-likeness (QED) is 0.786. The van der Waals surface area contributed by atoms with Crippen molar-refractivity contribution in [3.63, 3.8) is 0 Å². The summed E-state index contributed by atoms with van der Waals surface area (Å²) < 4.78 is 37.1. The molecule has 0 amide bonds. The summed E-state index contributed by atoms with van der Waals surface area (Å²) in [5, 5.41) is -0.277. The Labute approximate surface area is 94.2 Å². The number of halogens is 5. The average Bonchev–Trinajstić information content (AvgIpc) is 1.99. The highest BCUT2D eigenvalue weighted by molar-refractivity contribution is 6.33. The highest BCUT2D eigenvalue weighted by atomic mass is 35.5. The number of aryl methyl sites for hydroxylation is 1. The zero-order valence-corrected chi connectivity index (χ0v) is 9.08. The third-order valence-electron chi connectivity index (χ3n) is 1.85. The van der Waals surface area contributed by atoms with E-state index in [9.17, 15) is 13.2 Å². The van der Waals surface area contributed by atoms with Crippen molar-refractivity contribution in [2.75, 3.05) is 0 Å². The largest absolute Gasteiger partial charge is 0.407 e. The Morgan fingerprint density at radius 2 is 1.93 bits per heavy atom. The fourth-order valence-corrected chi connectivity index (χ4v) is 1.79. The molecule has 1 aromatic heterocycles. The zero-order chi connectivity index (χ0) is 11.8. The van der Waals surface area contributed by atoms with Crippen LogP contribution in [0.1, 0.15) is 17.2 Å². The van der Waals surface area contributed by atoms with Crippen molar-refractivity contribution in [3.05, 3.63) is 27.5 Å². The normalized spacial score (nSPS) is 14.1. The van der Waals surface area contributed by atoms with Gasteiger partial charge in [0.25, 0.3) is 0 Å². The van der Waals surface area contributed by atoms with Crippen LogP contribution in [0.2, 0.25) is 10.3 Å². The lowest BCUT2D eigenvalue weighted by molar-refractivity contribution is -0.149. The highest BCUT2D eigenvalue weighted by Gasteiger charge is 2.40. The molecule has 0 aliphatic heterocycles. The number of nitrogens with two attached hydrogens (primary N) is 1. The van der Waals surface area contributed by atoms with E-state index < -0.39 is 12.2 Å². The third-order valence-corrected chi connectivity index (χ3v) is 2.33. The lowest BCUT2D eigenvalue weighted by Crippen LogP contribution is -2.29. The predicted molar refractivity (Wildman–Crippen MR) is 52.0 cm³/mol. The van der Waals surface area contributed by atoms with Crippen LogP contribution in [0.25, 0.3) is 0 Å². The number of rotatable bonds is 1. The number of nitrogens with zero attached hydrogens (tertiary/aromatic N) is 1. The number of alkyl halides is 3. The van der Waals surface area contributed by atoms with Gasteiger partial charge < -0.3 is 5.73 Å². The van der Waals surface area contributed by atoms with Crippen LogP contribution in [-0.4, -0.2) is 11.2 Å². The van der Waals surface area contributed by atoms with Gasteiger partial charge in [0.1, 0.15) is 16.3 Å². The standard InChI is InChI=1S/C8H7Cl2F3N2/c1-3-2-4(9)15-7(10)5(3)6(14)8(11,12)13/h2,6H,14H2,1H3. The van der Waals surface area contributed by atoms with Crippen LogP contribution in [0.15, 0.2) is 6.07 Å². The summed E-state index contributed by atoms with van der Waals surface area (Å²) in [7, 11) is 0. The molecule has 84 valence electrons. The van der Waals surface area contributed by atoms with Crippen molar-refractivity contribution in [3.8, 4) is 0 Å². The molecule has 0 aliphatic rings. The Hall–Kier alpha value is -0.520. The van der Waals surface area contributed by atoms with Gasteiger partial charge in [-0.25, -0.2) is 4.98 Å². The maximum Gasteiger partial charge on any atom is 0.407 e. The van der Waals surface area contributed by atoms with Gasteiger partial charge in [-0.1, -0.05) is 23.2 Å². The molecule has 1 atom stereocenters. The van der Waals surface area contributed by atoms with Crippen molar-refractivity contribution in [1.29, 1.82) is 0 Å². The lowest BCUT2D eigenvalue weighted by Gasteiger charge is -2.18. The Morgan fingerprint density at radius 1 is 1.40 bits per heavy atom. The van der Waals surface area contributed by atoms with E-state index in [-0.39, 0.29) is 21.4 Å². The average molecular weight is 259 g/mol. The summed E-state index contributed by atoms with van der Waals surface area (Å²) in [5.74, 6) is 0. The molecular weight excluding hydrogens is 252 g/mol. The van der Waals surface area contributed by atoms with Gasteiger partial charge in [-0.05, 0) is 18.6 Å². The Balaban J connectivity index is 3.26. The molecule has 0 saturated heterocycles. The van der Waals surface area contributed by atoms with Crippen LogP contribution in [-0.2, 0) is 0 Å². The van der Waals surface area contributed by atoms with E-state index in [1.165, 1.54) is 13.0 Å². The summed E-state index contributed by atoms with van der Waals surface area (Å²) in [4.78, 5) is 3.52. The first-order chi connectivity index (χ1) is 6.73. The molecule has 1 heterocycles. The van der Waals surface area contributed by atoms with Crippen LogP contribution in [0.4, 0.5) is 13.2 Å². The summed E-state index contributed by atoms with van der Waals surface area (Å²) in [5.41, 5.74) is 5.06. The van der Waals surface area contributed by atoms with Gasteiger partial charge >= 0.3 is 6.18 Å². The van der Waals surface area contributed by atoms with E-state index >= 15 is 0 Å². The monoisotopic (exact) mass is 258 g/mol. The molecule has 1 unspecified atom stereocenters. The van der Waals surface area contributed by atoms with Gasteiger partial charge in [-0.3, -0.25) is 0 Å². The van der Waals surface area contributed by atoms with Gasteiger partial charge in [-0.2, -0.15) is 13.2 Å². The fourth-order valence-electron chi connectivity index (χ4n) is 1.14. The second-order valence-corrected chi connectivity index (χ2v) is 3.73. The van der Waals surface area contributed by atoms with E-state index in [0.717, 1.165) is 0 Å². The molecule has 0 radical (unpaired) electrons. The number of aromatic nitrogens is 1. The molecule has 0 aliphatic carbocycles. The van der Waals surface area contributed by atoms with Crippen molar-refractivity contribution >= 4 is 23.2 Å². The van der Waals surface area contributed by atoms with Crippen molar-refractivity contribution < 1.29 is 13.2 Å². The topological polar surface area (TPSA) is 38.9 Å². The van der Waals surface area contributed by atoms with E-state index in [1.54, 1.807) is 0 Å². The highest BCUT2D eigenvalue weighted by Crippen LogP contribution is 2.35. The first-order valence-corrected chi connectivity index (χ1v) is 4.64. The molecule has 0 aromatic carbocycles. The molecule has 0 fully saturated rings. The van der Waals surface area contributed by atoms with E-state index in [0.29, 0.717) is 0 Å². The zero-order valence-electron chi connectivity index (χ0n) is 7.57. The smallest absolute Gasteiger partial charge is 0.316 e. The summed E-state index contributed by atoms with van der Waals surface area (Å²) in [6.45, 7) is 1.44. The third kappa shape index (κ3) is 2.74. The molecule has 2 N–H and O–H groups in total. The first kappa shape index (κ1) is 12.5. The van der Waals surface area contributed by atoms with E-state index in [2.05, 4.69) is 4.98 Å². The molecule has 15 heavy (non-hydrogen) atoms. The van der Waals surface area contributed by atoms with E-state index in [4.69, 9.17) is 28.9 Å². The van der Waals surface area contributed by atoms with Crippen LogP contribution < -0.4 is 5.73 Å². The second-order valence-electron chi connectivity index (χ2n) is 2.99. The molecule has 0 saturated carbocycles. The van der Waals surface area contributed by atoms with Crippen LogP contribution in [0.5, 0.6) is 0 Å². The summed E-state index contributed by atoms with van der Waals surface area (Å²) >= 11 is 11.1. The maximum absolute atomic E-state index is 12.4. The van der Waals surface area contributed by atoms with E-state index in [1.807, 2.05) is 0 Å². The van der Waals surface area contributed by atoms with Crippen molar-refractivity contribution in [2.24, 2.45) is 5.73 Å². The SMILES string of the molecule is Cc1cc(Cl)nc(Cl)c1C(N)C(F)(F)F. The fraction of sp³-hybridized carbons (Fsp3) is 0.375. The predicted octanol–water partition coefficient (Wildman–Crippen LogP) is 3.26. The molecule has 0 bridgehead atoms. The van der Waals surface area contributed by atoms with Crippen LogP contribution in [0.3, 0.4) is 0 Å². The van der Waals surface area contributed by atoms with Gasteiger partial charge in [0, 0.05) is 5.56 Å². The molecule has 1 rings (SSSR count). The minimum Gasteiger partial charge on any atom is -0.316 e. The minimum atomic E-state index is -4.55. The molecule has 2 nitrogen and oxygen atoms in total. The molecule has 1 aromatic rings. The lowest BCUT2D eigenvalue weighted by atomic mass is 10.0. The Kier molecular flexibility index (Phi) is 3.48. The Morgan fingerprint density at radius 3 is 2.33 bits per heavy atom. The van der Waals surface area contributed by atoms with Gasteiger partial charge in [0.2, 0.25) is 0 Å². The van der Waals surface area contributed by atoms with Gasteiger partial charge in [-0.15, -0.1) is 0 Å². The van der Waals surface area contributed by atoms with Crippen LogP contribution >= 0.6 is 23.2 Å². The second kappa shape index (κ2) is 4.15. The summed E-state index contributed by atoms with van der Waals surface area (Å²) in [6.07, 6.45) is -4.55. The Bertz CT molecular complexity index is 356. The molecule has 7 heteroatoms. The van der Waals surface area contributed by atoms with Gasteiger partial charge in [0.15, 0.2) is 0 Å². The van der Waals surface area contributed by atoms with Crippen molar-refractivity contribution in [2.45, 2.75) is 19.1 Å². The van der Waals surface area contributed by atoms with Crippen LogP contribution in [0, 0.1) is 6.92 Å². The van der Waals surface area contributed by atoms with Gasteiger partial charge in [0.05, 0.1) is 0 Å². The first-order valence-electron chi connectivity index (χ1n) is 3.88. The number of hydrogen-bond donors (Lipinski definition) is 1.